The highest BCUT2D eigenvalue weighted by Crippen LogP contribution is 2.42. The maximum atomic E-state index is 11.5. The number of hydrogen-bond acceptors (Lipinski definition) is 1. The first-order chi connectivity index (χ1) is 19.4. The Kier molecular flexibility index (Phi) is 10.3. The van der Waals surface area contributed by atoms with E-state index in [-0.39, 0.29) is 11.8 Å². The van der Waals surface area contributed by atoms with Crippen molar-refractivity contribution in [1.29, 1.82) is 0 Å². The topological polar surface area (TPSA) is 20.2 Å². The van der Waals surface area contributed by atoms with E-state index in [1.807, 2.05) is 6.07 Å². The molecule has 0 fully saturated rings. The van der Waals surface area contributed by atoms with Gasteiger partial charge in [0, 0.05) is 5.56 Å². The van der Waals surface area contributed by atoms with E-state index in [1.165, 1.54) is 44.5 Å². The molecule has 0 amide bonds. The van der Waals surface area contributed by atoms with Crippen molar-refractivity contribution >= 4 is 0 Å². The predicted octanol–water partition coefficient (Wildman–Crippen LogP) is 10.1. The minimum atomic E-state index is 0.210. The van der Waals surface area contributed by atoms with E-state index in [1.54, 1.807) is 0 Å². The van der Waals surface area contributed by atoms with Crippen LogP contribution in [0.1, 0.15) is 109 Å². The Labute approximate surface area is 243 Å². The maximum Gasteiger partial charge on any atom is 0.119 e. The van der Waals surface area contributed by atoms with E-state index in [0.717, 1.165) is 44.1 Å². The van der Waals surface area contributed by atoms with Gasteiger partial charge in [-0.3, -0.25) is 0 Å². The first kappa shape index (κ1) is 29.7. The molecule has 0 saturated heterocycles. The normalized spacial score (nSPS) is 13.7. The van der Waals surface area contributed by atoms with E-state index in [4.69, 9.17) is 0 Å². The third kappa shape index (κ3) is 6.69. The van der Waals surface area contributed by atoms with E-state index < -0.39 is 0 Å². The van der Waals surface area contributed by atoms with Gasteiger partial charge in [0.05, 0.1) is 0 Å². The van der Waals surface area contributed by atoms with Crippen molar-refractivity contribution in [2.24, 2.45) is 0 Å². The molecule has 3 unspecified atom stereocenters. The lowest BCUT2D eigenvalue weighted by Gasteiger charge is -2.29. The Hall–Kier alpha value is -3.32. The van der Waals surface area contributed by atoms with Crippen LogP contribution in [0.25, 0.3) is 0 Å². The number of phenols is 1. The van der Waals surface area contributed by atoms with Gasteiger partial charge in [0.1, 0.15) is 5.75 Å². The highest BCUT2D eigenvalue weighted by atomic mass is 16.3. The number of rotatable bonds is 12. The standard InChI is InChI=1S/C39H48O/c1-7-30-16-10-13-19-33(30)24-27(4)36-22-23-37(40)39(29(6)26-35-21-15-12-18-32(35)9-3)38(36)28(5)25-34-20-14-11-17-31(34)8-2/h10-23,27-29,40H,7-9,24-26H2,1-6H3. The molecule has 0 heterocycles. The monoisotopic (exact) mass is 532 g/mol. The highest BCUT2D eigenvalue weighted by Gasteiger charge is 2.26. The SMILES string of the molecule is CCc1ccccc1CC(C)c1ccc(O)c(C(C)Cc2ccccc2CC)c1C(C)Cc1ccccc1CC. The zero-order valence-corrected chi connectivity index (χ0v) is 25.5. The van der Waals surface area contributed by atoms with Crippen LogP contribution >= 0.6 is 0 Å². The third-order valence-corrected chi connectivity index (χ3v) is 8.89. The van der Waals surface area contributed by atoms with Crippen LogP contribution in [-0.4, -0.2) is 5.11 Å². The molecule has 0 aliphatic heterocycles. The fourth-order valence-corrected chi connectivity index (χ4v) is 6.75. The molecule has 0 saturated carbocycles. The molecule has 210 valence electrons. The first-order valence-electron chi connectivity index (χ1n) is 15.4. The average molecular weight is 533 g/mol. The minimum absolute atomic E-state index is 0.210. The summed E-state index contributed by atoms with van der Waals surface area (Å²) in [5, 5.41) is 11.5. The van der Waals surface area contributed by atoms with Gasteiger partial charge in [-0.15, -0.1) is 0 Å². The van der Waals surface area contributed by atoms with Crippen LogP contribution in [0.5, 0.6) is 5.75 Å². The van der Waals surface area contributed by atoms with Gasteiger partial charge >= 0.3 is 0 Å². The quantitative estimate of drug-likeness (QED) is 0.192. The van der Waals surface area contributed by atoms with Gasteiger partial charge in [-0.05, 0) is 107 Å². The van der Waals surface area contributed by atoms with E-state index >= 15 is 0 Å². The lowest BCUT2D eigenvalue weighted by molar-refractivity contribution is 0.458. The van der Waals surface area contributed by atoms with E-state index in [0.29, 0.717) is 11.7 Å². The van der Waals surface area contributed by atoms with Gasteiger partial charge in [0.2, 0.25) is 0 Å². The molecule has 0 aliphatic rings. The highest BCUT2D eigenvalue weighted by molar-refractivity contribution is 5.51. The Morgan fingerprint density at radius 1 is 0.450 bits per heavy atom. The summed E-state index contributed by atoms with van der Waals surface area (Å²) >= 11 is 0. The maximum absolute atomic E-state index is 11.5. The van der Waals surface area contributed by atoms with Crippen molar-refractivity contribution in [1.82, 2.24) is 0 Å². The molecule has 40 heavy (non-hydrogen) atoms. The Balaban J connectivity index is 1.80. The van der Waals surface area contributed by atoms with Gasteiger partial charge in [-0.1, -0.05) is 120 Å². The largest absolute Gasteiger partial charge is 0.508 e. The van der Waals surface area contributed by atoms with Gasteiger partial charge in [-0.2, -0.15) is 0 Å². The van der Waals surface area contributed by atoms with Crippen LogP contribution in [-0.2, 0) is 38.5 Å². The Morgan fingerprint density at radius 3 is 1.20 bits per heavy atom. The molecule has 3 atom stereocenters. The zero-order chi connectivity index (χ0) is 28.6. The lowest BCUT2D eigenvalue weighted by atomic mass is 9.76. The molecule has 4 aromatic carbocycles. The summed E-state index contributed by atoms with van der Waals surface area (Å²) in [6.45, 7) is 13.8. The number of benzene rings is 4. The molecule has 0 radical (unpaired) electrons. The predicted molar refractivity (Wildman–Crippen MR) is 172 cm³/mol. The smallest absolute Gasteiger partial charge is 0.119 e. The second kappa shape index (κ2) is 13.8. The molecular formula is C39H48O. The fourth-order valence-electron chi connectivity index (χ4n) is 6.75. The number of phenolic OH excluding ortho intramolecular Hbond substituents is 1. The summed E-state index contributed by atoms with van der Waals surface area (Å²) in [6, 6.07) is 30.7. The van der Waals surface area contributed by atoms with Crippen LogP contribution in [0, 0.1) is 0 Å². The summed E-state index contributed by atoms with van der Waals surface area (Å²) in [5.41, 5.74) is 12.4. The lowest BCUT2D eigenvalue weighted by Crippen LogP contribution is -2.14. The molecule has 0 aromatic heterocycles. The van der Waals surface area contributed by atoms with Crippen LogP contribution in [0.15, 0.2) is 84.9 Å². The zero-order valence-electron chi connectivity index (χ0n) is 25.5. The van der Waals surface area contributed by atoms with Crippen LogP contribution in [0.4, 0.5) is 0 Å². The Morgan fingerprint density at radius 2 is 0.800 bits per heavy atom. The van der Waals surface area contributed by atoms with Crippen molar-refractivity contribution in [3.8, 4) is 5.75 Å². The second-order valence-corrected chi connectivity index (χ2v) is 11.7. The fraction of sp³-hybridized carbons (Fsp3) is 0.385. The summed E-state index contributed by atoms with van der Waals surface area (Å²) in [7, 11) is 0. The first-order valence-corrected chi connectivity index (χ1v) is 15.4. The van der Waals surface area contributed by atoms with Crippen molar-refractivity contribution in [2.45, 2.75) is 97.8 Å². The van der Waals surface area contributed by atoms with E-state index in [9.17, 15) is 5.11 Å². The van der Waals surface area contributed by atoms with Crippen LogP contribution in [0.3, 0.4) is 0 Å². The molecule has 1 nitrogen and oxygen atoms in total. The molecule has 1 N–H and O–H groups in total. The molecule has 0 aliphatic carbocycles. The molecule has 1 heteroatoms. The van der Waals surface area contributed by atoms with Crippen molar-refractivity contribution in [3.05, 3.63) is 135 Å². The molecule has 4 rings (SSSR count). The van der Waals surface area contributed by atoms with Crippen LogP contribution < -0.4 is 0 Å². The third-order valence-electron chi connectivity index (χ3n) is 8.89. The number of aryl methyl sites for hydroxylation is 3. The van der Waals surface area contributed by atoms with Crippen molar-refractivity contribution < 1.29 is 5.11 Å². The van der Waals surface area contributed by atoms with Gasteiger partial charge in [-0.25, -0.2) is 0 Å². The average Bonchev–Trinajstić information content (AvgIpc) is 2.97. The molecule has 0 spiro atoms. The summed E-state index contributed by atoms with van der Waals surface area (Å²) in [6.07, 6.45) is 6.03. The summed E-state index contributed by atoms with van der Waals surface area (Å²) in [4.78, 5) is 0. The number of aromatic hydroxyl groups is 1. The second-order valence-electron chi connectivity index (χ2n) is 11.7. The number of hydrogen-bond donors (Lipinski definition) is 1. The summed E-state index contributed by atoms with van der Waals surface area (Å²) in [5.74, 6) is 1.29. The van der Waals surface area contributed by atoms with Crippen molar-refractivity contribution in [2.75, 3.05) is 0 Å². The molecule has 4 aromatic rings. The van der Waals surface area contributed by atoms with Gasteiger partial charge < -0.3 is 5.11 Å². The van der Waals surface area contributed by atoms with Crippen LogP contribution in [0.2, 0.25) is 0 Å². The van der Waals surface area contributed by atoms with Gasteiger partial charge in [0.25, 0.3) is 0 Å². The summed E-state index contributed by atoms with van der Waals surface area (Å²) < 4.78 is 0. The Bertz CT molecular complexity index is 1400. The molecular weight excluding hydrogens is 484 g/mol. The van der Waals surface area contributed by atoms with Gasteiger partial charge in [0.15, 0.2) is 0 Å². The molecule has 0 bridgehead atoms. The minimum Gasteiger partial charge on any atom is -0.508 e. The van der Waals surface area contributed by atoms with E-state index in [2.05, 4.69) is 120 Å². The van der Waals surface area contributed by atoms with Crippen molar-refractivity contribution in [3.63, 3.8) is 0 Å².